The third-order valence-corrected chi connectivity index (χ3v) is 2.99. The third-order valence-electron chi connectivity index (χ3n) is 2.99. The van der Waals surface area contributed by atoms with Gasteiger partial charge in [-0.05, 0) is 25.5 Å². The third kappa shape index (κ3) is 3.51. The van der Waals surface area contributed by atoms with Gasteiger partial charge in [-0.15, -0.1) is 0 Å². The van der Waals surface area contributed by atoms with Crippen molar-refractivity contribution < 1.29 is 14.6 Å². The molecular weight excluding hydrogens is 232 g/mol. The van der Waals surface area contributed by atoms with Gasteiger partial charge in [-0.25, -0.2) is 4.79 Å². The molecule has 0 spiro atoms. The number of nitrogens with zero attached hydrogens (tertiary/aromatic N) is 2. The maximum absolute atomic E-state index is 10.7. The molecule has 98 valence electrons. The standard InChI is InChI=1S/C13H18N2O3/c1-10-8-15(5-2-6-18-10)9-12-4-3-11(7-14-12)13(16)17/h3-4,7,10H,2,5-6,8-9H2,1H3,(H,16,17). The summed E-state index contributed by atoms with van der Waals surface area (Å²) in [4.78, 5) is 17.2. The molecule has 5 heteroatoms. The summed E-state index contributed by atoms with van der Waals surface area (Å²) in [5, 5.41) is 8.80. The van der Waals surface area contributed by atoms with Gasteiger partial charge in [0.2, 0.25) is 0 Å². The maximum Gasteiger partial charge on any atom is 0.337 e. The Balaban J connectivity index is 1.97. The van der Waals surface area contributed by atoms with Crippen molar-refractivity contribution in [2.75, 3.05) is 19.7 Å². The molecule has 0 bridgehead atoms. The van der Waals surface area contributed by atoms with Gasteiger partial charge < -0.3 is 9.84 Å². The van der Waals surface area contributed by atoms with Crippen LogP contribution in [-0.4, -0.2) is 46.8 Å². The molecule has 1 aromatic rings. The highest BCUT2D eigenvalue weighted by Gasteiger charge is 2.15. The first-order valence-electron chi connectivity index (χ1n) is 6.17. The molecule has 2 heterocycles. The number of hydrogen-bond acceptors (Lipinski definition) is 4. The number of hydrogen-bond donors (Lipinski definition) is 1. The highest BCUT2D eigenvalue weighted by atomic mass is 16.5. The second-order valence-electron chi connectivity index (χ2n) is 4.61. The van der Waals surface area contributed by atoms with E-state index in [9.17, 15) is 4.79 Å². The Labute approximate surface area is 106 Å². The van der Waals surface area contributed by atoms with Crippen LogP contribution < -0.4 is 0 Å². The van der Waals surface area contributed by atoms with Crippen LogP contribution in [-0.2, 0) is 11.3 Å². The van der Waals surface area contributed by atoms with Crippen molar-refractivity contribution in [2.45, 2.75) is 26.0 Å². The molecule has 1 unspecified atom stereocenters. The van der Waals surface area contributed by atoms with Crippen molar-refractivity contribution >= 4 is 5.97 Å². The second-order valence-corrected chi connectivity index (χ2v) is 4.61. The molecule has 0 aliphatic carbocycles. The average Bonchev–Trinajstić information content (AvgIpc) is 2.54. The summed E-state index contributed by atoms with van der Waals surface area (Å²) < 4.78 is 5.58. The van der Waals surface area contributed by atoms with Gasteiger partial charge in [0.1, 0.15) is 0 Å². The van der Waals surface area contributed by atoms with Crippen LogP contribution >= 0.6 is 0 Å². The highest BCUT2D eigenvalue weighted by molar-refractivity contribution is 5.87. The quantitative estimate of drug-likeness (QED) is 0.878. The van der Waals surface area contributed by atoms with E-state index < -0.39 is 5.97 Å². The molecule has 1 N–H and O–H groups in total. The molecule has 18 heavy (non-hydrogen) atoms. The molecule has 0 radical (unpaired) electrons. The molecule has 2 rings (SSSR count). The van der Waals surface area contributed by atoms with Crippen molar-refractivity contribution in [2.24, 2.45) is 0 Å². The number of carboxylic acids is 1. The first-order chi connectivity index (χ1) is 8.65. The molecule has 5 nitrogen and oxygen atoms in total. The van der Waals surface area contributed by atoms with E-state index in [-0.39, 0.29) is 11.7 Å². The van der Waals surface area contributed by atoms with Crippen LogP contribution in [0.5, 0.6) is 0 Å². The zero-order chi connectivity index (χ0) is 13.0. The summed E-state index contributed by atoms with van der Waals surface area (Å²) in [5.41, 5.74) is 1.13. The summed E-state index contributed by atoms with van der Waals surface area (Å²) in [6.07, 6.45) is 2.68. The summed E-state index contributed by atoms with van der Waals surface area (Å²) in [6.45, 7) is 5.50. The molecule has 0 amide bonds. The van der Waals surface area contributed by atoms with Gasteiger partial charge in [-0.1, -0.05) is 0 Å². The SMILES string of the molecule is CC1CN(Cc2ccc(C(=O)O)cn2)CCCO1. The van der Waals surface area contributed by atoms with Crippen LogP contribution in [0.3, 0.4) is 0 Å². The fraction of sp³-hybridized carbons (Fsp3) is 0.538. The topological polar surface area (TPSA) is 62.7 Å². The minimum absolute atomic E-state index is 0.228. The van der Waals surface area contributed by atoms with E-state index in [0.29, 0.717) is 0 Å². The van der Waals surface area contributed by atoms with Crippen molar-refractivity contribution in [1.82, 2.24) is 9.88 Å². The highest BCUT2D eigenvalue weighted by Crippen LogP contribution is 2.09. The Hall–Kier alpha value is -1.46. The summed E-state index contributed by atoms with van der Waals surface area (Å²) in [6, 6.07) is 3.38. The largest absolute Gasteiger partial charge is 0.478 e. The Morgan fingerprint density at radius 3 is 3.11 bits per heavy atom. The van der Waals surface area contributed by atoms with Gasteiger partial charge >= 0.3 is 5.97 Å². The van der Waals surface area contributed by atoms with Crippen LogP contribution in [0, 0.1) is 0 Å². The number of ether oxygens (including phenoxy) is 1. The van der Waals surface area contributed by atoms with Crippen LogP contribution in [0.4, 0.5) is 0 Å². The average molecular weight is 250 g/mol. The van der Waals surface area contributed by atoms with Crippen molar-refractivity contribution in [3.63, 3.8) is 0 Å². The molecule has 0 aromatic carbocycles. The van der Waals surface area contributed by atoms with Crippen LogP contribution in [0.15, 0.2) is 18.3 Å². The van der Waals surface area contributed by atoms with E-state index in [4.69, 9.17) is 9.84 Å². The van der Waals surface area contributed by atoms with Crippen molar-refractivity contribution in [3.8, 4) is 0 Å². The maximum atomic E-state index is 10.7. The Bertz CT molecular complexity index is 405. The normalized spacial score (nSPS) is 21.5. The monoisotopic (exact) mass is 250 g/mol. The fourth-order valence-corrected chi connectivity index (χ4v) is 2.10. The lowest BCUT2D eigenvalue weighted by Crippen LogP contribution is -2.30. The molecule has 1 aliphatic rings. The zero-order valence-electron chi connectivity index (χ0n) is 10.5. The van der Waals surface area contributed by atoms with E-state index in [2.05, 4.69) is 16.8 Å². The van der Waals surface area contributed by atoms with E-state index in [1.54, 1.807) is 12.1 Å². The lowest BCUT2D eigenvalue weighted by molar-refractivity contribution is 0.0666. The lowest BCUT2D eigenvalue weighted by Gasteiger charge is -2.21. The van der Waals surface area contributed by atoms with Gasteiger partial charge in [0.15, 0.2) is 0 Å². The van der Waals surface area contributed by atoms with E-state index >= 15 is 0 Å². The predicted octanol–water partition coefficient (Wildman–Crippen LogP) is 1.39. The van der Waals surface area contributed by atoms with Crippen LogP contribution in [0.25, 0.3) is 0 Å². The van der Waals surface area contributed by atoms with Gasteiger partial charge in [0.05, 0.1) is 17.4 Å². The minimum Gasteiger partial charge on any atom is -0.478 e. The smallest absolute Gasteiger partial charge is 0.337 e. The van der Waals surface area contributed by atoms with Crippen molar-refractivity contribution in [3.05, 3.63) is 29.6 Å². The first kappa shape index (κ1) is 13.0. The van der Waals surface area contributed by atoms with Gasteiger partial charge in [-0.2, -0.15) is 0 Å². The number of aromatic nitrogens is 1. The van der Waals surface area contributed by atoms with Crippen LogP contribution in [0.1, 0.15) is 29.4 Å². The summed E-state index contributed by atoms with van der Waals surface area (Å²) in [5.74, 6) is -0.939. The molecular formula is C13H18N2O3. The lowest BCUT2D eigenvalue weighted by atomic mass is 10.2. The Morgan fingerprint density at radius 1 is 1.61 bits per heavy atom. The number of rotatable bonds is 3. The van der Waals surface area contributed by atoms with Crippen LogP contribution in [0.2, 0.25) is 0 Å². The van der Waals surface area contributed by atoms with E-state index in [1.165, 1.54) is 6.20 Å². The van der Waals surface area contributed by atoms with E-state index in [1.807, 2.05) is 0 Å². The minimum atomic E-state index is -0.939. The molecule has 1 saturated heterocycles. The summed E-state index contributed by atoms with van der Waals surface area (Å²) >= 11 is 0. The second kappa shape index (κ2) is 5.93. The molecule has 1 atom stereocenters. The summed E-state index contributed by atoms with van der Waals surface area (Å²) in [7, 11) is 0. The van der Waals surface area contributed by atoms with Gasteiger partial charge in [-0.3, -0.25) is 9.88 Å². The molecule has 0 saturated carbocycles. The number of carbonyl (C=O) groups is 1. The number of pyridine rings is 1. The first-order valence-corrected chi connectivity index (χ1v) is 6.17. The number of aromatic carboxylic acids is 1. The predicted molar refractivity (Wildman–Crippen MR) is 66.5 cm³/mol. The fourth-order valence-electron chi connectivity index (χ4n) is 2.10. The van der Waals surface area contributed by atoms with E-state index in [0.717, 1.165) is 38.4 Å². The molecule has 1 aliphatic heterocycles. The number of carboxylic acid groups (broad SMARTS) is 1. The molecule has 1 aromatic heterocycles. The zero-order valence-corrected chi connectivity index (χ0v) is 10.5. The Kier molecular flexibility index (Phi) is 4.28. The van der Waals surface area contributed by atoms with Gasteiger partial charge in [0.25, 0.3) is 0 Å². The molecule has 1 fully saturated rings. The van der Waals surface area contributed by atoms with Crippen molar-refractivity contribution in [1.29, 1.82) is 0 Å². The van der Waals surface area contributed by atoms with Gasteiger partial charge in [0, 0.05) is 32.4 Å². The Morgan fingerprint density at radius 2 is 2.44 bits per heavy atom.